The maximum Gasteiger partial charge on any atom is 0.334 e. The van der Waals surface area contributed by atoms with Crippen molar-refractivity contribution in [3.8, 4) is 0 Å². The fourth-order valence-electron chi connectivity index (χ4n) is 6.74. The smallest absolute Gasteiger partial charge is 0.334 e. The molecule has 13 nitrogen and oxygen atoms in total. The van der Waals surface area contributed by atoms with Crippen LogP contribution in [0.5, 0.6) is 0 Å². The van der Waals surface area contributed by atoms with Crippen LogP contribution in [0.2, 0.25) is 0 Å². The Balaban J connectivity index is 1.17. The van der Waals surface area contributed by atoms with Crippen LogP contribution in [0.4, 0.5) is 0 Å². The first-order valence-corrected chi connectivity index (χ1v) is 12.8. The maximum atomic E-state index is 13.3. The summed E-state index contributed by atoms with van der Waals surface area (Å²) in [4.78, 5) is 25.6. The van der Waals surface area contributed by atoms with Crippen molar-refractivity contribution in [2.45, 2.75) is 81.2 Å². The number of carbonyl (C=O) groups is 2. The number of aliphatic hydroxyl groups is 5. The number of epoxide rings is 1. The van der Waals surface area contributed by atoms with E-state index in [-0.39, 0.29) is 18.9 Å². The van der Waals surface area contributed by atoms with Gasteiger partial charge in [0.25, 0.3) is 0 Å². The van der Waals surface area contributed by atoms with E-state index in [1.165, 1.54) is 6.26 Å². The van der Waals surface area contributed by atoms with Crippen LogP contribution >= 0.6 is 0 Å². The molecule has 0 unspecified atom stereocenters. The van der Waals surface area contributed by atoms with E-state index in [4.69, 9.17) is 28.4 Å². The van der Waals surface area contributed by atoms with Gasteiger partial charge in [-0.15, -0.1) is 0 Å². The molecule has 210 valence electrons. The molecule has 38 heavy (non-hydrogen) atoms. The van der Waals surface area contributed by atoms with Gasteiger partial charge < -0.3 is 54.0 Å². The van der Waals surface area contributed by atoms with Gasteiger partial charge in [-0.25, -0.2) is 4.79 Å². The van der Waals surface area contributed by atoms with Crippen molar-refractivity contribution < 1.29 is 63.5 Å². The van der Waals surface area contributed by atoms with Crippen molar-refractivity contribution >= 4 is 11.9 Å². The SMILES string of the molecule is CC1=C2C(=O)OC[C@H](C(=O)O[C@H]3[C@@H]4C=CO[C@@H](O[C@H]5O[C@H](CO)[C@@H](O)[C@@H](O)[C@H]5O)[C@@H]4[C@@]4(C)O[C@@H]34)[C@H]2C[C@@H]1O. The monoisotopic (exact) mass is 540 g/mol. The van der Waals surface area contributed by atoms with Crippen LogP contribution in [0.15, 0.2) is 23.5 Å². The second-order valence-corrected chi connectivity index (χ2v) is 11.1. The van der Waals surface area contributed by atoms with Crippen LogP contribution in [-0.4, -0.2) is 112 Å². The molecule has 0 aromatic rings. The molecule has 3 saturated heterocycles. The van der Waals surface area contributed by atoms with Crippen LogP contribution in [-0.2, 0) is 38.0 Å². The molecule has 4 aliphatic heterocycles. The Morgan fingerprint density at radius 2 is 1.92 bits per heavy atom. The second-order valence-electron chi connectivity index (χ2n) is 11.1. The fourth-order valence-corrected chi connectivity index (χ4v) is 6.74. The number of rotatable bonds is 5. The molecular weight excluding hydrogens is 508 g/mol. The average Bonchev–Trinajstić information content (AvgIpc) is 3.40. The lowest BCUT2D eigenvalue weighted by Crippen LogP contribution is -2.60. The van der Waals surface area contributed by atoms with Gasteiger partial charge in [0.05, 0.1) is 30.8 Å². The van der Waals surface area contributed by atoms with E-state index >= 15 is 0 Å². The number of cyclic esters (lactones) is 1. The van der Waals surface area contributed by atoms with Gasteiger partial charge in [-0.3, -0.25) is 4.79 Å². The molecule has 6 rings (SSSR count). The third-order valence-corrected chi connectivity index (χ3v) is 8.99. The highest BCUT2D eigenvalue weighted by Crippen LogP contribution is 2.60. The van der Waals surface area contributed by atoms with E-state index in [1.54, 1.807) is 13.0 Å². The van der Waals surface area contributed by atoms with E-state index in [0.717, 1.165) is 0 Å². The van der Waals surface area contributed by atoms with Crippen LogP contribution in [0, 0.1) is 23.7 Å². The van der Waals surface area contributed by atoms with Gasteiger partial charge in [-0.05, 0) is 31.9 Å². The normalized spacial score (nSPS) is 51.0. The summed E-state index contributed by atoms with van der Waals surface area (Å²) in [6.45, 7) is 2.74. The molecule has 0 spiro atoms. The summed E-state index contributed by atoms with van der Waals surface area (Å²) in [5.41, 5.74) is 0.0576. The number of fused-ring (bicyclic) bond motifs is 4. The first kappa shape index (κ1) is 26.1. The molecule has 6 aliphatic rings. The molecule has 0 amide bonds. The number of aliphatic hydroxyl groups excluding tert-OH is 5. The summed E-state index contributed by atoms with van der Waals surface area (Å²) in [5.74, 6) is -3.20. The Hall–Kier alpha value is -2.10. The third-order valence-electron chi connectivity index (χ3n) is 8.99. The van der Waals surface area contributed by atoms with Crippen LogP contribution in [0.25, 0.3) is 0 Å². The predicted molar refractivity (Wildman–Crippen MR) is 120 cm³/mol. The van der Waals surface area contributed by atoms with Gasteiger partial charge in [0.15, 0.2) is 6.29 Å². The summed E-state index contributed by atoms with van der Waals surface area (Å²) in [6.07, 6.45) is -6.94. The summed E-state index contributed by atoms with van der Waals surface area (Å²) in [6, 6.07) is 0. The van der Waals surface area contributed by atoms with E-state index in [2.05, 4.69) is 0 Å². The molecule has 1 saturated carbocycles. The lowest BCUT2D eigenvalue weighted by molar-refractivity contribution is -0.344. The Morgan fingerprint density at radius 1 is 1.16 bits per heavy atom. The standard InChI is InChI=1S/C25H32O13/c1-8-12(27)5-10-11(7-34-22(32)14(8)10)21(31)36-19-9-3-4-33-23(15(9)25(2)20(19)38-25)37-24-18(30)17(29)16(28)13(6-26)35-24/h3-4,9-13,15-20,23-24,26-30H,5-7H2,1-2H3/t9-,10-,11+,12+,13-,15-,16-,17-,18-,19+,20+,23+,24-,25-/m1/s1. The van der Waals surface area contributed by atoms with Gasteiger partial charge in [0.2, 0.25) is 6.29 Å². The van der Waals surface area contributed by atoms with Crippen molar-refractivity contribution in [2.24, 2.45) is 23.7 Å². The minimum Gasteiger partial charge on any atom is -0.472 e. The van der Waals surface area contributed by atoms with Crippen LogP contribution in [0.1, 0.15) is 20.3 Å². The van der Waals surface area contributed by atoms with E-state index < -0.39 is 97.2 Å². The highest BCUT2D eigenvalue weighted by molar-refractivity contribution is 5.93. The van der Waals surface area contributed by atoms with Gasteiger partial charge in [-0.2, -0.15) is 0 Å². The molecule has 0 bridgehead atoms. The van der Waals surface area contributed by atoms with Gasteiger partial charge in [-0.1, -0.05) is 0 Å². The van der Waals surface area contributed by atoms with E-state index in [1.807, 2.05) is 6.92 Å². The zero-order chi connectivity index (χ0) is 27.1. The number of hydrogen-bond acceptors (Lipinski definition) is 13. The van der Waals surface area contributed by atoms with Crippen LogP contribution < -0.4 is 0 Å². The molecule has 2 aliphatic carbocycles. The predicted octanol–water partition coefficient (Wildman–Crippen LogP) is -2.14. The van der Waals surface area contributed by atoms with Crippen molar-refractivity contribution in [3.63, 3.8) is 0 Å². The molecule has 14 atom stereocenters. The quantitative estimate of drug-likeness (QED) is 0.187. The first-order chi connectivity index (χ1) is 18.1. The number of esters is 2. The highest BCUT2D eigenvalue weighted by Gasteiger charge is 2.75. The zero-order valence-electron chi connectivity index (χ0n) is 20.8. The lowest BCUT2D eigenvalue weighted by atomic mass is 9.84. The van der Waals surface area contributed by atoms with Crippen LogP contribution in [0.3, 0.4) is 0 Å². The molecular formula is C25H32O13. The lowest BCUT2D eigenvalue weighted by Gasteiger charge is -2.43. The second kappa shape index (κ2) is 9.24. The molecule has 13 heteroatoms. The molecule has 5 N–H and O–H groups in total. The van der Waals surface area contributed by atoms with Crippen molar-refractivity contribution in [1.29, 1.82) is 0 Å². The Morgan fingerprint density at radius 3 is 2.66 bits per heavy atom. The zero-order valence-corrected chi connectivity index (χ0v) is 20.8. The Kier molecular flexibility index (Phi) is 6.35. The topological polar surface area (TPSA) is 194 Å². The molecule has 0 aromatic carbocycles. The van der Waals surface area contributed by atoms with Gasteiger partial charge in [0, 0.05) is 17.4 Å². The molecule has 0 radical (unpaired) electrons. The van der Waals surface area contributed by atoms with Crippen molar-refractivity contribution in [1.82, 2.24) is 0 Å². The largest absolute Gasteiger partial charge is 0.472 e. The van der Waals surface area contributed by atoms with E-state index in [9.17, 15) is 35.1 Å². The van der Waals surface area contributed by atoms with Gasteiger partial charge >= 0.3 is 11.9 Å². The third kappa shape index (κ3) is 3.83. The minimum atomic E-state index is -1.61. The maximum absolute atomic E-state index is 13.3. The van der Waals surface area contributed by atoms with Crippen molar-refractivity contribution in [2.75, 3.05) is 13.2 Å². The number of hydrogen-bond donors (Lipinski definition) is 5. The summed E-state index contributed by atoms with van der Waals surface area (Å²) in [7, 11) is 0. The summed E-state index contributed by atoms with van der Waals surface area (Å²) in [5, 5.41) is 50.3. The average molecular weight is 541 g/mol. The van der Waals surface area contributed by atoms with E-state index in [0.29, 0.717) is 11.1 Å². The molecule has 4 fully saturated rings. The van der Waals surface area contributed by atoms with Crippen molar-refractivity contribution in [3.05, 3.63) is 23.5 Å². The first-order valence-electron chi connectivity index (χ1n) is 12.8. The fraction of sp³-hybridized carbons (Fsp3) is 0.760. The molecule has 0 aromatic heterocycles. The Bertz CT molecular complexity index is 1060. The number of ether oxygens (including phenoxy) is 6. The molecule has 4 heterocycles. The summed E-state index contributed by atoms with van der Waals surface area (Å²) < 4.78 is 34.2. The minimum absolute atomic E-state index is 0.142. The number of carbonyl (C=O) groups excluding carboxylic acids is 2. The summed E-state index contributed by atoms with van der Waals surface area (Å²) >= 11 is 0. The highest BCUT2D eigenvalue weighted by atomic mass is 16.8. The van der Waals surface area contributed by atoms with Gasteiger partial charge in [0.1, 0.15) is 48.8 Å². The Labute approximate surface area is 217 Å².